The minimum atomic E-state index is -0.271. The number of anilines is 4. The molecule has 3 rings (SSSR count). The second-order valence-corrected chi connectivity index (χ2v) is 6.40. The molecule has 0 radical (unpaired) electrons. The van der Waals surface area contributed by atoms with E-state index >= 15 is 0 Å². The first-order chi connectivity index (χ1) is 13.4. The highest BCUT2D eigenvalue weighted by atomic mass is 16.2. The molecule has 0 aliphatic carbocycles. The van der Waals surface area contributed by atoms with Crippen LogP contribution in [0.4, 0.5) is 23.0 Å². The number of nitrogens with one attached hydrogen (secondary N) is 3. The molecule has 0 unspecified atom stereocenters. The van der Waals surface area contributed by atoms with Crippen LogP contribution in [-0.2, 0) is 4.79 Å². The van der Waals surface area contributed by atoms with E-state index in [0.29, 0.717) is 22.9 Å². The van der Waals surface area contributed by atoms with Gasteiger partial charge < -0.3 is 16.0 Å². The lowest BCUT2D eigenvalue weighted by molar-refractivity contribution is -0.114. The molecule has 0 saturated heterocycles. The topological polar surface area (TPSA) is 96.0 Å². The van der Waals surface area contributed by atoms with Gasteiger partial charge in [0.2, 0.25) is 11.9 Å². The van der Waals surface area contributed by atoms with E-state index in [4.69, 9.17) is 0 Å². The first-order valence-electron chi connectivity index (χ1n) is 8.77. The molecule has 1 aromatic heterocycles. The van der Waals surface area contributed by atoms with Crippen LogP contribution in [0.3, 0.4) is 0 Å². The lowest BCUT2D eigenvalue weighted by Crippen LogP contribution is -2.13. The zero-order valence-electron chi connectivity index (χ0n) is 15.9. The van der Waals surface area contributed by atoms with Gasteiger partial charge in [-0.25, -0.2) is 9.97 Å². The summed E-state index contributed by atoms with van der Waals surface area (Å²) in [7, 11) is 0. The van der Waals surface area contributed by atoms with Crippen LogP contribution in [-0.4, -0.2) is 21.8 Å². The monoisotopic (exact) mass is 375 g/mol. The van der Waals surface area contributed by atoms with Crippen LogP contribution in [0.2, 0.25) is 0 Å². The highest BCUT2D eigenvalue weighted by molar-refractivity contribution is 6.05. The van der Waals surface area contributed by atoms with E-state index in [0.717, 1.165) is 17.1 Å². The number of aromatic nitrogens is 2. The Kier molecular flexibility index (Phi) is 5.64. The number of hydrogen-bond acceptors (Lipinski definition) is 5. The number of carbonyl (C=O) groups is 2. The Morgan fingerprint density at radius 3 is 2.07 bits per heavy atom. The van der Waals surface area contributed by atoms with E-state index in [1.165, 1.54) is 6.92 Å². The zero-order valence-corrected chi connectivity index (χ0v) is 15.9. The van der Waals surface area contributed by atoms with Crippen molar-refractivity contribution in [3.63, 3.8) is 0 Å². The molecule has 0 saturated carbocycles. The summed E-state index contributed by atoms with van der Waals surface area (Å²) in [5.41, 5.74) is 4.15. The zero-order chi connectivity index (χ0) is 20.1. The summed E-state index contributed by atoms with van der Waals surface area (Å²) in [6.07, 6.45) is 0. The molecule has 7 nitrogen and oxygen atoms in total. The number of hydrogen-bond donors (Lipinski definition) is 3. The van der Waals surface area contributed by atoms with Gasteiger partial charge >= 0.3 is 0 Å². The fourth-order valence-electron chi connectivity index (χ4n) is 2.73. The standard InChI is InChI=1S/C21H21N5O2/c1-13-10-14(2)23-21(22-13)26-19-9-5-8-18(12-19)25-20(28)16-6-4-7-17(11-16)24-15(3)27/h4-12H,1-3H3,(H,24,27)(H,25,28)(H,22,23,26). The molecule has 0 atom stereocenters. The average molecular weight is 375 g/mol. The van der Waals surface area contributed by atoms with Crippen LogP contribution in [0, 0.1) is 13.8 Å². The van der Waals surface area contributed by atoms with Crippen LogP contribution in [0.25, 0.3) is 0 Å². The lowest BCUT2D eigenvalue weighted by Gasteiger charge is -2.10. The predicted molar refractivity (Wildman–Crippen MR) is 110 cm³/mol. The summed E-state index contributed by atoms with van der Waals surface area (Å²) in [6.45, 7) is 5.24. The van der Waals surface area contributed by atoms with E-state index < -0.39 is 0 Å². The van der Waals surface area contributed by atoms with E-state index in [-0.39, 0.29) is 11.8 Å². The third-order valence-electron chi connectivity index (χ3n) is 3.80. The van der Waals surface area contributed by atoms with Gasteiger partial charge in [-0.3, -0.25) is 9.59 Å². The third kappa shape index (κ3) is 5.14. The van der Waals surface area contributed by atoms with Gasteiger partial charge in [0, 0.05) is 40.9 Å². The second-order valence-electron chi connectivity index (χ2n) is 6.40. The average Bonchev–Trinajstić information content (AvgIpc) is 2.61. The summed E-state index contributed by atoms with van der Waals surface area (Å²) in [5.74, 6) is 0.0425. The number of nitrogens with zero attached hydrogens (tertiary/aromatic N) is 2. The quantitative estimate of drug-likeness (QED) is 0.625. The van der Waals surface area contributed by atoms with Gasteiger partial charge in [-0.1, -0.05) is 12.1 Å². The molecule has 1 heterocycles. The van der Waals surface area contributed by atoms with Crippen molar-refractivity contribution in [2.24, 2.45) is 0 Å². The molecule has 2 amide bonds. The van der Waals surface area contributed by atoms with Crippen molar-refractivity contribution in [2.45, 2.75) is 20.8 Å². The van der Waals surface area contributed by atoms with Gasteiger partial charge in [-0.05, 0) is 56.3 Å². The van der Waals surface area contributed by atoms with Crippen LogP contribution in [0.1, 0.15) is 28.7 Å². The smallest absolute Gasteiger partial charge is 0.255 e. The van der Waals surface area contributed by atoms with Crippen molar-refractivity contribution >= 4 is 34.8 Å². The number of rotatable bonds is 5. The molecule has 0 fully saturated rings. The molecule has 0 aliphatic heterocycles. The molecule has 7 heteroatoms. The lowest BCUT2D eigenvalue weighted by atomic mass is 10.1. The Labute approximate surface area is 163 Å². The normalized spacial score (nSPS) is 10.2. The molecule has 0 aliphatic rings. The van der Waals surface area contributed by atoms with E-state index in [2.05, 4.69) is 25.9 Å². The van der Waals surface area contributed by atoms with Gasteiger partial charge in [-0.2, -0.15) is 0 Å². The summed E-state index contributed by atoms with van der Waals surface area (Å²) >= 11 is 0. The number of amides is 2. The first kappa shape index (κ1) is 19.0. The van der Waals surface area contributed by atoms with Gasteiger partial charge in [0.05, 0.1) is 0 Å². The fourth-order valence-corrected chi connectivity index (χ4v) is 2.73. The van der Waals surface area contributed by atoms with Crippen LogP contribution < -0.4 is 16.0 Å². The van der Waals surface area contributed by atoms with Gasteiger partial charge in [0.25, 0.3) is 5.91 Å². The van der Waals surface area contributed by atoms with E-state index in [1.807, 2.05) is 32.0 Å². The third-order valence-corrected chi connectivity index (χ3v) is 3.80. The Bertz CT molecular complexity index is 1010. The molecule has 0 bridgehead atoms. The van der Waals surface area contributed by atoms with Crippen molar-refractivity contribution < 1.29 is 9.59 Å². The van der Waals surface area contributed by atoms with Crippen molar-refractivity contribution in [3.05, 3.63) is 71.5 Å². The van der Waals surface area contributed by atoms with Gasteiger partial charge in [0.15, 0.2) is 0 Å². The largest absolute Gasteiger partial charge is 0.326 e. The van der Waals surface area contributed by atoms with Gasteiger partial charge in [0.1, 0.15) is 0 Å². The van der Waals surface area contributed by atoms with Crippen LogP contribution in [0.15, 0.2) is 54.6 Å². The summed E-state index contributed by atoms with van der Waals surface area (Å²) in [5, 5.41) is 8.67. The molecular formula is C21H21N5O2. The first-order valence-corrected chi connectivity index (χ1v) is 8.77. The molecule has 3 N–H and O–H groups in total. The number of benzene rings is 2. The molecule has 28 heavy (non-hydrogen) atoms. The van der Waals surface area contributed by atoms with Crippen molar-refractivity contribution in [1.82, 2.24) is 9.97 Å². The highest BCUT2D eigenvalue weighted by Crippen LogP contribution is 2.20. The summed E-state index contributed by atoms with van der Waals surface area (Å²) < 4.78 is 0. The molecular weight excluding hydrogens is 354 g/mol. The van der Waals surface area contributed by atoms with Crippen molar-refractivity contribution in [3.8, 4) is 0 Å². The second kappa shape index (κ2) is 8.30. The highest BCUT2D eigenvalue weighted by Gasteiger charge is 2.08. The molecule has 3 aromatic rings. The van der Waals surface area contributed by atoms with Gasteiger partial charge in [-0.15, -0.1) is 0 Å². The maximum Gasteiger partial charge on any atom is 0.255 e. The minimum absolute atomic E-state index is 0.190. The maximum absolute atomic E-state index is 12.5. The summed E-state index contributed by atoms with van der Waals surface area (Å²) in [4.78, 5) is 32.4. The SMILES string of the molecule is CC(=O)Nc1cccc(C(=O)Nc2cccc(Nc3nc(C)cc(C)n3)c2)c1. The number of carbonyl (C=O) groups excluding carboxylic acids is 2. The minimum Gasteiger partial charge on any atom is -0.326 e. The molecule has 0 spiro atoms. The van der Waals surface area contributed by atoms with E-state index in [1.54, 1.807) is 36.4 Å². The van der Waals surface area contributed by atoms with Crippen molar-refractivity contribution in [2.75, 3.05) is 16.0 Å². The molecule has 2 aromatic carbocycles. The van der Waals surface area contributed by atoms with E-state index in [9.17, 15) is 9.59 Å². The van der Waals surface area contributed by atoms with Crippen LogP contribution >= 0.6 is 0 Å². The Morgan fingerprint density at radius 2 is 1.39 bits per heavy atom. The Hall–Kier alpha value is -3.74. The summed E-state index contributed by atoms with van der Waals surface area (Å²) in [6, 6.07) is 16.0. The fraction of sp³-hybridized carbons (Fsp3) is 0.143. The number of aryl methyl sites for hydroxylation is 2. The van der Waals surface area contributed by atoms with Crippen LogP contribution in [0.5, 0.6) is 0 Å². The molecule has 142 valence electrons. The predicted octanol–water partition coefficient (Wildman–Crippen LogP) is 4.05. The maximum atomic E-state index is 12.5. The van der Waals surface area contributed by atoms with Crippen molar-refractivity contribution in [1.29, 1.82) is 0 Å². The Morgan fingerprint density at radius 1 is 0.786 bits per heavy atom. The Balaban J connectivity index is 1.73.